The largest absolute Gasteiger partial charge is 0.493 e. The van der Waals surface area contributed by atoms with Gasteiger partial charge in [0, 0.05) is 11.1 Å². The first-order chi connectivity index (χ1) is 16.6. The molecule has 0 saturated heterocycles. The maximum Gasteiger partial charge on any atom is 0.203 e. The lowest BCUT2D eigenvalue weighted by atomic mass is 10.2. The molecule has 2 aromatic carbocycles. The molecule has 0 saturated carbocycles. The molecule has 186 valence electrons. The number of hydrogen-bond acceptors (Lipinski definition) is 10. The van der Waals surface area contributed by atoms with E-state index in [1.54, 1.807) is 24.3 Å². The van der Waals surface area contributed by atoms with Gasteiger partial charge in [-0.05, 0) is 24.3 Å². The molecular formula is C24H30O10. The van der Waals surface area contributed by atoms with Gasteiger partial charge in [-0.1, -0.05) is 0 Å². The molecular weight excluding hydrogens is 448 g/mol. The predicted molar refractivity (Wildman–Crippen MR) is 122 cm³/mol. The molecule has 10 nitrogen and oxygen atoms in total. The number of carbonyl (C=O) groups is 2. The maximum atomic E-state index is 11.0. The second-order valence-electron chi connectivity index (χ2n) is 6.67. The molecule has 0 aliphatic rings. The molecule has 0 bridgehead atoms. The zero-order valence-corrected chi connectivity index (χ0v) is 19.8. The van der Waals surface area contributed by atoms with Crippen molar-refractivity contribution in [3.63, 3.8) is 0 Å². The first kappa shape index (κ1) is 26.7. The Kier molecular flexibility index (Phi) is 11.5. The van der Waals surface area contributed by atoms with Crippen LogP contribution in [0, 0.1) is 0 Å². The average Bonchev–Trinajstić information content (AvgIpc) is 2.88. The Labute approximate surface area is 198 Å². The number of rotatable bonds is 17. The van der Waals surface area contributed by atoms with Crippen molar-refractivity contribution >= 4 is 12.6 Å². The second kappa shape index (κ2) is 14.6. The quantitative estimate of drug-likeness (QED) is 0.249. The van der Waals surface area contributed by atoms with Gasteiger partial charge in [0.25, 0.3) is 0 Å². The zero-order chi connectivity index (χ0) is 24.8. The van der Waals surface area contributed by atoms with Crippen LogP contribution in [0.25, 0.3) is 0 Å². The van der Waals surface area contributed by atoms with E-state index in [1.807, 2.05) is 0 Å². The molecule has 0 N–H and O–H groups in total. The summed E-state index contributed by atoms with van der Waals surface area (Å²) in [5.74, 6) is 2.41. The molecule has 0 fully saturated rings. The van der Waals surface area contributed by atoms with Gasteiger partial charge in [-0.15, -0.1) is 0 Å². The fraction of sp³-hybridized carbons (Fsp3) is 0.417. The lowest BCUT2D eigenvalue weighted by molar-refractivity contribution is 0.0264. The standard InChI is InChI=1S/C24H30O10/c1-27-19-11-17(15-25)12-20(28-2)23(19)33-9-7-31-5-6-32-8-10-34-24-21(29-3)13-18(16-26)14-22(24)30-4/h11-16H,5-10H2,1-4H3. The highest BCUT2D eigenvalue weighted by molar-refractivity contribution is 5.79. The SMILES string of the molecule is COc1cc(C=O)cc(OC)c1OCCOCCOCCOc1c(OC)cc(C=O)cc1OC. The van der Waals surface area contributed by atoms with E-state index in [1.165, 1.54) is 28.4 Å². The first-order valence-electron chi connectivity index (χ1n) is 10.4. The lowest BCUT2D eigenvalue weighted by Crippen LogP contribution is -2.14. The van der Waals surface area contributed by atoms with Crippen LogP contribution in [0.2, 0.25) is 0 Å². The van der Waals surface area contributed by atoms with Crippen molar-refractivity contribution in [3.8, 4) is 34.5 Å². The molecule has 0 atom stereocenters. The minimum atomic E-state index is 0.257. The third kappa shape index (κ3) is 7.53. The number of benzene rings is 2. The smallest absolute Gasteiger partial charge is 0.203 e. The molecule has 0 aliphatic heterocycles. The molecule has 2 aromatic rings. The minimum absolute atomic E-state index is 0.257. The van der Waals surface area contributed by atoms with E-state index >= 15 is 0 Å². The van der Waals surface area contributed by atoms with Crippen molar-refractivity contribution < 1.29 is 47.5 Å². The Bertz CT molecular complexity index is 802. The summed E-state index contributed by atoms with van der Waals surface area (Å²) in [6.07, 6.45) is 1.42. The number of hydrogen-bond donors (Lipinski definition) is 0. The Morgan fingerprint density at radius 2 is 0.824 bits per heavy atom. The summed E-state index contributed by atoms with van der Waals surface area (Å²) in [5.41, 5.74) is 0.849. The van der Waals surface area contributed by atoms with Gasteiger partial charge in [0.15, 0.2) is 23.0 Å². The highest BCUT2D eigenvalue weighted by Gasteiger charge is 2.15. The highest BCUT2D eigenvalue weighted by atomic mass is 16.6. The van der Waals surface area contributed by atoms with Gasteiger partial charge in [-0.2, -0.15) is 0 Å². The van der Waals surface area contributed by atoms with Gasteiger partial charge in [-0.3, -0.25) is 9.59 Å². The van der Waals surface area contributed by atoms with Crippen LogP contribution in [0.5, 0.6) is 34.5 Å². The van der Waals surface area contributed by atoms with Crippen molar-refractivity contribution in [3.05, 3.63) is 35.4 Å². The van der Waals surface area contributed by atoms with Crippen LogP contribution >= 0.6 is 0 Å². The van der Waals surface area contributed by atoms with Crippen LogP contribution in [-0.4, -0.2) is 80.7 Å². The van der Waals surface area contributed by atoms with Crippen LogP contribution in [0.3, 0.4) is 0 Å². The maximum absolute atomic E-state index is 11.0. The van der Waals surface area contributed by atoms with E-state index in [2.05, 4.69) is 0 Å². The van der Waals surface area contributed by atoms with Crippen molar-refractivity contribution in [2.75, 3.05) is 68.1 Å². The van der Waals surface area contributed by atoms with Crippen molar-refractivity contribution in [2.24, 2.45) is 0 Å². The molecule has 0 aliphatic carbocycles. The van der Waals surface area contributed by atoms with Gasteiger partial charge in [0.2, 0.25) is 11.5 Å². The first-order valence-corrected chi connectivity index (χ1v) is 10.4. The molecule has 2 rings (SSSR count). The van der Waals surface area contributed by atoms with Crippen LogP contribution in [-0.2, 0) is 9.47 Å². The second-order valence-corrected chi connectivity index (χ2v) is 6.67. The van der Waals surface area contributed by atoms with Gasteiger partial charge in [-0.25, -0.2) is 0 Å². The van der Waals surface area contributed by atoms with Gasteiger partial charge < -0.3 is 37.9 Å². The Morgan fingerprint density at radius 3 is 1.09 bits per heavy atom. The number of aldehydes is 2. The van der Waals surface area contributed by atoms with Crippen molar-refractivity contribution in [2.45, 2.75) is 0 Å². The molecule has 10 heteroatoms. The van der Waals surface area contributed by atoms with Gasteiger partial charge >= 0.3 is 0 Å². The summed E-state index contributed by atoms with van der Waals surface area (Å²) in [4.78, 5) is 22.0. The number of ether oxygens (including phenoxy) is 8. The van der Waals surface area contributed by atoms with E-state index in [9.17, 15) is 9.59 Å². The summed E-state index contributed by atoms with van der Waals surface area (Å²) < 4.78 is 43.5. The van der Waals surface area contributed by atoms with E-state index in [0.717, 1.165) is 0 Å². The summed E-state index contributed by atoms with van der Waals surface area (Å²) in [6.45, 7) is 1.88. The molecule has 0 heterocycles. The van der Waals surface area contributed by atoms with Crippen LogP contribution in [0.4, 0.5) is 0 Å². The van der Waals surface area contributed by atoms with Crippen molar-refractivity contribution in [1.82, 2.24) is 0 Å². The predicted octanol–water partition coefficient (Wildman–Crippen LogP) is 2.84. The summed E-state index contributed by atoms with van der Waals surface area (Å²) in [7, 11) is 5.95. The van der Waals surface area contributed by atoms with Crippen LogP contribution < -0.4 is 28.4 Å². The third-order valence-electron chi connectivity index (χ3n) is 4.56. The average molecular weight is 478 g/mol. The zero-order valence-electron chi connectivity index (χ0n) is 19.8. The Balaban J connectivity index is 1.67. The summed E-state index contributed by atoms with van der Waals surface area (Å²) in [5, 5.41) is 0. The van der Waals surface area contributed by atoms with E-state index in [4.69, 9.17) is 37.9 Å². The topological polar surface area (TPSA) is 108 Å². The molecule has 0 radical (unpaired) electrons. The monoisotopic (exact) mass is 478 g/mol. The molecule has 34 heavy (non-hydrogen) atoms. The molecule has 0 spiro atoms. The fourth-order valence-electron chi connectivity index (χ4n) is 2.95. The molecule has 0 unspecified atom stereocenters. The Hall–Kier alpha value is -3.50. The molecule has 0 amide bonds. The molecule has 0 aromatic heterocycles. The lowest BCUT2D eigenvalue weighted by Gasteiger charge is -2.15. The van der Waals surface area contributed by atoms with E-state index in [-0.39, 0.29) is 13.2 Å². The summed E-state index contributed by atoms with van der Waals surface area (Å²) >= 11 is 0. The van der Waals surface area contributed by atoms with Crippen LogP contribution in [0.15, 0.2) is 24.3 Å². The van der Waals surface area contributed by atoms with Crippen LogP contribution in [0.1, 0.15) is 20.7 Å². The normalized spacial score (nSPS) is 10.4. The Morgan fingerprint density at radius 1 is 0.529 bits per heavy atom. The van der Waals surface area contributed by atoms with Crippen molar-refractivity contribution in [1.29, 1.82) is 0 Å². The number of methoxy groups -OCH3 is 4. The highest BCUT2D eigenvalue weighted by Crippen LogP contribution is 2.39. The third-order valence-corrected chi connectivity index (χ3v) is 4.56. The van der Waals surface area contributed by atoms with Gasteiger partial charge in [0.1, 0.15) is 25.8 Å². The van der Waals surface area contributed by atoms with E-state index < -0.39 is 0 Å². The summed E-state index contributed by atoms with van der Waals surface area (Å²) in [6, 6.07) is 6.29. The minimum Gasteiger partial charge on any atom is -0.493 e. The van der Waals surface area contributed by atoms with Gasteiger partial charge in [0.05, 0.1) is 54.9 Å². The fourth-order valence-corrected chi connectivity index (χ4v) is 2.95. The number of carbonyl (C=O) groups excluding carboxylic acids is 2. The van der Waals surface area contributed by atoms with E-state index in [0.29, 0.717) is 84.6 Å².